The Labute approximate surface area is 140 Å². The fraction of sp³-hybridized carbons (Fsp3) is 0.412. The molecule has 1 saturated heterocycles. The molecule has 0 unspecified atom stereocenters. The number of benzene rings is 1. The number of ether oxygens (including phenoxy) is 1. The van der Waals surface area contributed by atoms with E-state index in [0.717, 1.165) is 18.5 Å². The van der Waals surface area contributed by atoms with E-state index >= 15 is 0 Å². The van der Waals surface area contributed by atoms with Gasteiger partial charge in [0.1, 0.15) is 5.69 Å². The van der Waals surface area contributed by atoms with Crippen LogP contribution in [0.25, 0.3) is 5.69 Å². The minimum Gasteiger partial charge on any atom is -0.375 e. The largest absolute Gasteiger partial charge is 0.375 e. The molecule has 1 amide bonds. The number of carbonyl (C=O) groups is 1. The Balaban J connectivity index is 1.87. The van der Waals surface area contributed by atoms with E-state index in [4.69, 9.17) is 17.0 Å². The predicted octanol–water partition coefficient (Wildman–Crippen LogP) is 3.18. The number of nitrogens with one attached hydrogen (secondary N) is 1. The highest BCUT2D eigenvalue weighted by Crippen LogP contribution is 2.17. The van der Waals surface area contributed by atoms with Crippen molar-refractivity contribution >= 4 is 18.1 Å². The van der Waals surface area contributed by atoms with Crippen LogP contribution in [0.2, 0.25) is 0 Å². The van der Waals surface area contributed by atoms with Crippen LogP contribution in [0.15, 0.2) is 36.5 Å². The van der Waals surface area contributed by atoms with Crippen molar-refractivity contribution in [3.63, 3.8) is 0 Å². The molecule has 0 bridgehead atoms. The van der Waals surface area contributed by atoms with E-state index in [2.05, 4.69) is 11.9 Å². The molecular formula is C17H21N3O2S. The number of carbonyl (C=O) groups excluding carboxylic acids is 1. The van der Waals surface area contributed by atoms with E-state index in [1.807, 2.05) is 35.2 Å². The lowest BCUT2D eigenvalue weighted by Crippen LogP contribution is -2.46. The highest BCUT2D eigenvalue weighted by atomic mass is 32.1. The smallest absolute Gasteiger partial charge is 0.272 e. The second-order valence-electron chi connectivity index (χ2n) is 5.68. The fourth-order valence-electron chi connectivity index (χ4n) is 2.92. The lowest BCUT2D eigenvalue weighted by Gasteiger charge is -2.33. The summed E-state index contributed by atoms with van der Waals surface area (Å²) in [5.41, 5.74) is 1.46. The fourth-order valence-corrected chi connectivity index (χ4v) is 3.18. The van der Waals surface area contributed by atoms with Crippen LogP contribution in [0.3, 0.4) is 0 Å². The van der Waals surface area contributed by atoms with Gasteiger partial charge in [-0.15, -0.1) is 0 Å². The molecule has 1 aliphatic rings. The summed E-state index contributed by atoms with van der Waals surface area (Å²) in [5.74, 6) is -0.00870. The second kappa shape index (κ2) is 7.10. The molecule has 1 N–H and O–H groups in total. The van der Waals surface area contributed by atoms with E-state index in [9.17, 15) is 4.79 Å². The van der Waals surface area contributed by atoms with Crippen molar-refractivity contribution in [1.82, 2.24) is 14.5 Å². The number of hydrogen-bond acceptors (Lipinski definition) is 3. The molecule has 23 heavy (non-hydrogen) atoms. The molecule has 2 aromatic rings. The molecule has 3 rings (SSSR count). The van der Waals surface area contributed by atoms with E-state index in [0.29, 0.717) is 30.2 Å². The van der Waals surface area contributed by atoms with Gasteiger partial charge in [0.05, 0.1) is 12.7 Å². The van der Waals surface area contributed by atoms with Gasteiger partial charge in [0.2, 0.25) is 0 Å². The molecule has 122 valence electrons. The summed E-state index contributed by atoms with van der Waals surface area (Å²) in [6, 6.07) is 9.70. The molecule has 1 fully saturated rings. The first-order valence-corrected chi connectivity index (χ1v) is 8.38. The first-order valence-electron chi connectivity index (χ1n) is 7.97. The molecule has 1 aromatic heterocycles. The minimum absolute atomic E-state index is 0.00870. The lowest BCUT2D eigenvalue weighted by molar-refractivity contribution is -0.0252. The SMILES string of the molecule is CCC[C@H]1CN(C(=O)c2c[nH]c(=S)n2-c2ccccc2)CCO1. The van der Waals surface area contributed by atoms with Crippen LogP contribution < -0.4 is 0 Å². The van der Waals surface area contributed by atoms with Crippen molar-refractivity contribution in [3.8, 4) is 5.69 Å². The Morgan fingerprint density at radius 2 is 2.17 bits per heavy atom. The maximum Gasteiger partial charge on any atom is 0.272 e. The van der Waals surface area contributed by atoms with Gasteiger partial charge in [-0.3, -0.25) is 9.36 Å². The quantitative estimate of drug-likeness (QED) is 0.876. The Bertz CT molecular complexity index is 721. The Morgan fingerprint density at radius 3 is 2.91 bits per heavy atom. The highest BCUT2D eigenvalue weighted by molar-refractivity contribution is 7.71. The van der Waals surface area contributed by atoms with E-state index in [1.54, 1.807) is 10.8 Å². The molecule has 2 heterocycles. The molecule has 5 nitrogen and oxygen atoms in total. The van der Waals surface area contributed by atoms with Gasteiger partial charge >= 0.3 is 0 Å². The number of imidazole rings is 1. The van der Waals surface area contributed by atoms with Crippen LogP contribution in [0.4, 0.5) is 0 Å². The third-order valence-electron chi connectivity index (χ3n) is 4.05. The van der Waals surface area contributed by atoms with Gasteiger partial charge < -0.3 is 14.6 Å². The van der Waals surface area contributed by atoms with E-state index in [-0.39, 0.29) is 12.0 Å². The molecule has 6 heteroatoms. The Hall–Kier alpha value is -1.92. The van der Waals surface area contributed by atoms with Crippen LogP contribution >= 0.6 is 12.2 Å². The zero-order valence-corrected chi connectivity index (χ0v) is 14.0. The van der Waals surface area contributed by atoms with Gasteiger partial charge in [-0.25, -0.2) is 0 Å². The zero-order valence-electron chi connectivity index (χ0n) is 13.2. The maximum atomic E-state index is 12.9. The van der Waals surface area contributed by atoms with Gasteiger partial charge in [0, 0.05) is 25.0 Å². The summed E-state index contributed by atoms with van der Waals surface area (Å²) in [6.07, 6.45) is 3.85. The summed E-state index contributed by atoms with van der Waals surface area (Å²) >= 11 is 5.35. The van der Waals surface area contributed by atoms with Gasteiger partial charge in [-0.2, -0.15) is 0 Å². The van der Waals surface area contributed by atoms with Crippen molar-refractivity contribution in [3.05, 3.63) is 47.0 Å². The van der Waals surface area contributed by atoms with Gasteiger partial charge in [-0.05, 0) is 30.8 Å². The molecule has 1 atom stereocenters. The number of H-pyrrole nitrogens is 1. The second-order valence-corrected chi connectivity index (χ2v) is 6.07. The molecule has 0 saturated carbocycles. The number of nitrogens with zero attached hydrogens (tertiary/aromatic N) is 2. The minimum atomic E-state index is -0.00870. The topological polar surface area (TPSA) is 50.3 Å². The molecule has 1 aromatic carbocycles. The lowest BCUT2D eigenvalue weighted by atomic mass is 10.1. The van der Waals surface area contributed by atoms with E-state index in [1.165, 1.54) is 0 Å². The van der Waals surface area contributed by atoms with Crippen molar-refractivity contribution in [2.45, 2.75) is 25.9 Å². The number of aromatic nitrogens is 2. The zero-order chi connectivity index (χ0) is 16.2. The average Bonchev–Trinajstić information content (AvgIpc) is 2.97. The first-order chi connectivity index (χ1) is 11.2. The molecule has 0 radical (unpaired) electrons. The Kier molecular flexibility index (Phi) is 4.93. The summed E-state index contributed by atoms with van der Waals surface area (Å²) in [5, 5.41) is 0. The average molecular weight is 331 g/mol. The summed E-state index contributed by atoms with van der Waals surface area (Å²) in [4.78, 5) is 17.8. The van der Waals surface area contributed by atoms with Crippen LogP contribution in [0.5, 0.6) is 0 Å². The highest BCUT2D eigenvalue weighted by Gasteiger charge is 2.26. The van der Waals surface area contributed by atoms with Crippen molar-refractivity contribution in [2.75, 3.05) is 19.7 Å². The number of rotatable bonds is 4. The third-order valence-corrected chi connectivity index (χ3v) is 4.35. The normalized spacial score (nSPS) is 18.1. The first kappa shape index (κ1) is 16.0. The van der Waals surface area contributed by atoms with Crippen molar-refractivity contribution in [1.29, 1.82) is 0 Å². The number of para-hydroxylation sites is 1. The molecule has 0 aliphatic carbocycles. The third kappa shape index (κ3) is 3.38. The van der Waals surface area contributed by atoms with Crippen LogP contribution in [0, 0.1) is 4.77 Å². The monoisotopic (exact) mass is 331 g/mol. The predicted molar refractivity (Wildman–Crippen MR) is 91.5 cm³/mol. The van der Waals surface area contributed by atoms with E-state index < -0.39 is 0 Å². The van der Waals surface area contributed by atoms with Crippen LogP contribution in [0.1, 0.15) is 30.3 Å². The van der Waals surface area contributed by atoms with Crippen LogP contribution in [-0.4, -0.2) is 46.2 Å². The van der Waals surface area contributed by atoms with Crippen molar-refractivity contribution < 1.29 is 9.53 Å². The summed E-state index contributed by atoms with van der Waals surface area (Å²) in [7, 11) is 0. The maximum absolute atomic E-state index is 12.9. The number of morpholine rings is 1. The molecular weight excluding hydrogens is 310 g/mol. The van der Waals surface area contributed by atoms with Crippen LogP contribution in [-0.2, 0) is 4.74 Å². The number of amides is 1. The standard InChI is InChI=1S/C17H21N3O2S/c1-2-6-14-12-19(9-10-22-14)16(21)15-11-18-17(23)20(15)13-7-4-3-5-8-13/h3-5,7-8,11,14H,2,6,9-10,12H2,1H3,(H,18,23)/t14-/m0/s1. The summed E-state index contributed by atoms with van der Waals surface area (Å²) < 4.78 is 8.05. The summed E-state index contributed by atoms with van der Waals surface area (Å²) in [6.45, 7) is 3.97. The van der Waals surface area contributed by atoms with Gasteiger partial charge in [0.25, 0.3) is 5.91 Å². The van der Waals surface area contributed by atoms with Gasteiger partial charge in [-0.1, -0.05) is 31.5 Å². The Morgan fingerprint density at radius 1 is 1.39 bits per heavy atom. The number of hydrogen-bond donors (Lipinski definition) is 1. The van der Waals surface area contributed by atoms with Gasteiger partial charge in [0.15, 0.2) is 4.77 Å². The number of aromatic amines is 1. The molecule has 0 spiro atoms. The van der Waals surface area contributed by atoms with Crippen molar-refractivity contribution in [2.24, 2.45) is 0 Å². The molecule has 1 aliphatic heterocycles.